The first kappa shape index (κ1) is 7.39. The zero-order valence-corrected chi connectivity index (χ0v) is 6.22. The summed E-state index contributed by atoms with van der Waals surface area (Å²) in [5.74, 6) is 0. The Bertz CT molecular complexity index is 39.1. The van der Waals surface area contributed by atoms with Crippen LogP contribution in [0.4, 0.5) is 0 Å². The summed E-state index contributed by atoms with van der Waals surface area (Å²) in [6, 6.07) is 0.662. The third kappa shape index (κ3) is 4.24. The first-order valence-electron chi connectivity index (χ1n) is 2.74. The van der Waals surface area contributed by atoms with E-state index in [9.17, 15) is 0 Å². The molecule has 44 valence electrons. The lowest BCUT2D eigenvalue weighted by atomic mass is 10.4. The Labute approximate surface area is 48.1 Å². The van der Waals surface area contributed by atoms with Crippen molar-refractivity contribution in [2.75, 3.05) is 12.7 Å². The van der Waals surface area contributed by atoms with E-state index in [2.05, 4.69) is 28.4 Å². The zero-order chi connectivity index (χ0) is 5.70. The van der Waals surface area contributed by atoms with Gasteiger partial charge in [-0.05, 0) is 19.6 Å². The molecule has 2 atom stereocenters. The van der Waals surface area contributed by atoms with Crippen molar-refractivity contribution in [3.8, 4) is 0 Å². The van der Waals surface area contributed by atoms with E-state index in [1.54, 1.807) is 0 Å². The van der Waals surface area contributed by atoms with Crippen molar-refractivity contribution >= 4 is 9.24 Å². The van der Waals surface area contributed by atoms with Gasteiger partial charge in [-0.3, -0.25) is 0 Å². The van der Waals surface area contributed by atoms with Crippen LogP contribution in [0.5, 0.6) is 0 Å². The molecular weight excluding hydrogens is 105 g/mol. The van der Waals surface area contributed by atoms with Crippen LogP contribution in [0.2, 0.25) is 0 Å². The van der Waals surface area contributed by atoms with Gasteiger partial charge in [0.2, 0.25) is 0 Å². The average Bonchev–Trinajstić information content (AvgIpc) is 1.68. The first-order chi connectivity index (χ1) is 3.31. The van der Waals surface area contributed by atoms with Gasteiger partial charge in [-0.2, -0.15) is 0 Å². The van der Waals surface area contributed by atoms with Crippen LogP contribution in [0.3, 0.4) is 0 Å². The predicted molar refractivity (Wildman–Crippen MR) is 37.7 cm³/mol. The summed E-state index contributed by atoms with van der Waals surface area (Å²) in [7, 11) is 2.71. The second-order valence-corrected chi connectivity index (χ2v) is 2.17. The third-order valence-corrected chi connectivity index (χ3v) is 1.61. The van der Waals surface area contributed by atoms with Crippen molar-refractivity contribution in [2.24, 2.45) is 0 Å². The minimum Gasteiger partial charge on any atom is -0.314 e. The van der Waals surface area contributed by atoms with Crippen LogP contribution in [0.15, 0.2) is 0 Å². The summed E-state index contributed by atoms with van der Waals surface area (Å²) >= 11 is 0. The third-order valence-electron chi connectivity index (χ3n) is 0.906. The van der Waals surface area contributed by atoms with Gasteiger partial charge >= 0.3 is 0 Å². The highest BCUT2D eigenvalue weighted by molar-refractivity contribution is 7.16. The second kappa shape index (κ2) is 4.55. The van der Waals surface area contributed by atoms with Crippen LogP contribution in [0.1, 0.15) is 13.8 Å². The van der Waals surface area contributed by atoms with Gasteiger partial charge in [-0.25, -0.2) is 0 Å². The number of hydrogen-bond donors (Lipinski definition) is 1. The van der Waals surface area contributed by atoms with E-state index >= 15 is 0 Å². The molecule has 0 aliphatic rings. The van der Waals surface area contributed by atoms with Crippen molar-refractivity contribution in [3.63, 3.8) is 0 Å². The lowest BCUT2D eigenvalue weighted by Crippen LogP contribution is -2.26. The van der Waals surface area contributed by atoms with E-state index < -0.39 is 0 Å². The summed E-state index contributed by atoms with van der Waals surface area (Å²) in [4.78, 5) is 0. The van der Waals surface area contributed by atoms with Gasteiger partial charge in [-0.1, -0.05) is 6.92 Å². The van der Waals surface area contributed by atoms with Crippen LogP contribution < -0.4 is 5.32 Å². The van der Waals surface area contributed by atoms with Crippen LogP contribution in [0, 0.1) is 0 Å². The lowest BCUT2D eigenvalue weighted by molar-refractivity contribution is 0.620. The standard InChI is InChI=1S/C5H14NP/c1-3-6-5(2)4-7/h5-6H,3-4,7H2,1-2H3. The molecule has 0 aliphatic carbocycles. The summed E-state index contributed by atoms with van der Waals surface area (Å²) in [6.07, 6.45) is 1.15. The molecule has 0 aromatic heterocycles. The summed E-state index contributed by atoms with van der Waals surface area (Å²) in [5, 5.41) is 3.27. The SMILES string of the molecule is CCNC(C)CP. The van der Waals surface area contributed by atoms with Gasteiger partial charge in [0, 0.05) is 6.04 Å². The fourth-order valence-corrected chi connectivity index (χ4v) is 0.598. The number of hydrogen-bond acceptors (Lipinski definition) is 1. The van der Waals surface area contributed by atoms with E-state index in [1.807, 2.05) is 0 Å². The van der Waals surface area contributed by atoms with Crippen LogP contribution in [0.25, 0.3) is 0 Å². The van der Waals surface area contributed by atoms with E-state index in [-0.39, 0.29) is 0 Å². The van der Waals surface area contributed by atoms with Gasteiger partial charge in [0.25, 0.3) is 0 Å². The maximum absolute atomic E-state index is 3.27. The van der Waals surface area contributed by atoms with Crippen molar-refractivity contribution < 1.29 is 0 Å². The van der Waals surface area contributed by atoms with Crippen molar-refractivity contribution in [1.29, 1.82) is 0 Å². The molecule has 0 saturated carbocycles. The molecule has 0 radical (unpaired) electrons. The Hall–Kier alpha value is 0.390. The zero-order valence-electron chi connectivity index (χ0n) is 5.07. The second-order valence-electron chi connectivity index (χ2n) is 1.69. The Morgan fingerprint density at radius 2 is 2.29 bits per heavy atom. The molecule has 0 bridgehead atoms. The van der Waals surface area contributed by atoms with E-state index in [1.165, 1.54) is 0 Å². The molecule has 0 amide bonds. The summed E-state index contributed by atoms with van der Waals surface area (Å²) in [6.45, 7) is 5.38. The van der Waals surface area contributed by atoms with Crippen LogP contribution in [-0.2, 0) is 0 Å². The average molecular weight is 119 g/mol. The van der Waals surface area contributed by atoms with Gasteiger partial charge < -0.3 is 5.32 Å². The van der Waals surface area contributed by atoms with Gasteiger partial charge in [0.1, 0.15) is 0 Å². The van der Waals surface area contributed by atoms with Crippen LogP contribution in [-0.4, -0.2) is 18.7 Å². The molecule has 1 N–H and O–H groups in total. The molecular formula is C5H14NP. The molecule has 2 heteroatoms. The normalized spacial score (nSPS) is 14.1. The Morgan fingerprint density at radius 3 is 2.43 bits per heavy atom. The Morgan fingerprint density at radius 1 is 1.71 bits per heavy atom. The molecule has 7 heavy (non-hydrogen) atoms. The van der Waals surface area contributed by atoms with Gasteiger partial charge in [0.05, 0.1) is 0 Å². The number of rotatable bonds is 3. The summed E-state index contributed by atoms with van der Waals surface area (Å²) < 4.78 is 0. The first-order valence-corrected chi connectivity index (χ1v) is 3.56. The fourth-order valence-electron chi connectivity index (χ4n) is 0.432. The molecule has 0 aromatic rings. The van der Waals surface area contributed by atoms with Gasteiger partial charge in [0.15, 0.2) is 0 Å². The maximum atomic E-state index is 3.27. The van der Waals surface area contributed by atoms with E-state index in [4.69, 9.17) is 0 Å². The molecule has 0 aliphatic heterocycles. The molecule has 0 saturated heterocycles. The van der Waals surface area contributed by atoms with Gasteiger partial charge in [-0.15, -0.1) is 9.24 Å². The monoisotopic (exact) mass is 119 g/mol. The maximum Gasteiger partial charge on any atom is 0.00731 e. The molecule has 0 fully saturated rings. The minimum atomic E-state index is 0.662. The molecule has 0 rings (SSSR count). The molecule has 0 aromatic carbocycles. The van der Waals surface area contributed by atoms with Crippen LogP contribution >= 0.6 is 9.24 Å². The smallest absolute Gasteiger partial charge is 0.00731 e. The molecule has 0 heterocycles. The highest BCUT2D eigenvalue weighted by Crippen LogP contribution is 1.86. The van der Waals surface area contributed by atoms with Crippen molar-refractivity contribution in [2.45, 2.75) is 19.9 Å². The van der Waals surface area contributed by atoms with Crippen molar-refractivity contribution in [1.82, 2.24) is 5.32 Å². The quantitative estimate of drug-likeness (QED) is 0.543. The topological polar surface area (TPSA) is 12.0 Å². The van der Waals surface area contributed by atoms with E-state index in [0.29, 0.717) is 6.04 Å². The Balaban J connectivity index is 2.83. The molecule has 0 spiro atoms. The van der Waals surface area contributed by atoms with E-state index in [0.717, 1.165) is 12.7 Å². The molecule has 2 unspecified atom stereocenters. The number of nitrogens with one attached hydrogen (secondary N) is 1. The summed E-state index contributed by atoms with van der Waals surface area (Å²) in [5.41, 5.74) is 0. The molecule has 1 nitrogen and oxygen atoms in total. The fraction of sp³-hybridized carbons (Fsp3) is 1.00. The highest BCUT2D eigenvalue weighted by Gasteiger charge is 1.90. The Kier molecular flexibility index (Phi) is 4.80. The predicted octanol–water partition coefficient (Wildman–Crippen LogP) is 0.859. The largest absolute Gasteiger partial charge is 0.314 e. The highest BCUT2D eigenvalue weighted by atomic mass is 31.0. The lowest BCUT2D eigenvalue weighted by Gasteiger charge is -2.06. The minimum absolute atomic E-state index is 0.662. The van der Waals surface area contributed by atoms with Crippen molar-refractivity contribution in [3.05, 3.63) is 0 Å².